The van der Waals surface area contributed by atoms with Gasteiger partial charge in [-0.05, 0) is 38.0 Å². The lowest BCUT2D eigenvalue weighted by atomic mass is 9.67. The van der Waals surface area contributed by atoms with Gasteiger partial charge in [0.15, 0.2) is 11.8 Å². The third kappa shape index (κ3) is 3.10. The number of hydrogen-bond acceptors (Lipinski definition) is 3. The number of nitrogens with one attached hydrogen (secondary N) is 2. The number of rotatable bonds is 6. The lowest BCUT2D eigenvalue weighted by Gasteiger charge is -2.41. The number of hydrogen-bond donors (Lipinski definition) is 2. The normalized spacial score (nSPS) is 19.6. The van der Waals surface area contributed by atoms with Gasteiger partial charge >= 0.3 is 0 Å². The molecule has 0 saturated heterocycles. The van der Waals surface area contributed by atoms with Crippen molar-refractivity contribution in [3.8, 4) is 0 Å². The van der Waals surface area contributed by atoms with Crippen LogP contribution in [0.5, 0.6) is 0 Å². The molecular weight excluding hydrogens is 276 g/mol. The van der Waals surface area contributed by atoms with Gasteiger partial charge < -0.3 is 15.2 Å². The van der Waals surface area contributed by atoms with E-state index in [1.54, 1.807) is 0 Å². The van der Waals surface area contributed by atoms with Crippen LogP contribution in [-0.4, -0.2) is 33.8 Å². The monoisotopic (exact) mass is 304 g/mol. The van der Waals surface area contributed by atoms with E-state index in [1.165, 1.54) is 32.1 Å². The van der Waals surface area contributed by atoms with Gasteiger partial charge in [0, 0.05) is 26.1 Å². The molecule has 0 radical (unpaired) electrons. The molecule has 122 valence electrons. The summed E-state index contributed by atoms with van der Waals surface area (Å²) in [6.45, 7) is 7.93. The van der Waals surface area contributed by atoms with E-state index in [0.717, 1.165) is 43.7 Å². The van der Waals surface area contributed by atoms with Gasteiger partial charge in [0.05, 0.1) is 0 Å². The molecule has 0 amide bonds. The Kier molecular flexibility index (Phi) is 4.64. The highest BCUT2D eigenvalue weighted by atomic mass is 15.3. The first kappa shape index (κ1) is 15.3. The van der Waals surface area contributed by atoms with E-state index in [0.29, 0.717) is 12.0 Å². The molecule has 0 atom stereocenters. The molecule has 1 aromatic rings. The molecule has 0 unspecified atom stereocenters. The van der Waals surface area contributed by atoms with Crippen LogP contribution in [0.25, 0.3) is 0 Å². The standard InChI is InChI=1S/C16H28N6/c1-3-16(8-6-9-16)12-19-15(17-4-2)18-11-14-21-20-13-7-5-10-22(13)14/h3-12H2,1-2H3,(H2,17,18,19). The Bertz CT molecular complexity index is 523. The van der Waals surface area contributed by atoms with Crippen LogP contribution in [0.3, 0.4) is 0 Å². The van der Waals surface area contributed by atoms with Crippen LogP contribution in [-0.2, 0) is 19.5 Å². The van der Waals surface area contributed by atoms with Crippen molar-refractivity contribution in [1.29, 1.82) is 0 Å². The van der Waals surface area contributed by atoms with E-state index in [1.807, 2.05) is 0 Å². The highest BCUT2D eigenvalue weighted by molar-refractivity contribution is 5.79. The minimum absolute atomic E-state index is 0.492. The second-order valence-corrected chi connectivity index (χ2v) is 6.54. The van der Waals surface area contributed by atoms with Gasteiger partial charge in [-0.2, -0.15) is 0 Å². The maximum Gasteiger partial charge on any atom is 0.191 e. The molecule has 6 heteroatoms. The molecule has 1 fully saturated rings. The summed E-state index contributed by atoms with van der Waals surface area (Å²) in [6.07, 6.45) is 7.53. The van der Waals surface area contributed by atoms with Gasteiger partial charge in [-0.3, -0.25) is 0 Å². The molecule has 2 N–H and O–H groups in total. The summed E-state index contributed by atoms with van der Waals surface area (Å²) in [7, 11) is 0. The quantitative estimate of drug-likeness (QED) is 0.622. The summed E-state index contributed by atoms with van der Waals surface area (Å²) >= 11 is 0. The summed E-state index contributed by atoms with van der Waals surface area (Å²) in [4.78, 5) is 4.70. The molecule has 0 spiro atoms. The fourth-order valence-electron chi connectivity index (χ4n) is 3.42. The van der Waals surface area contributed by atoms with Crippen LogP contribution in [0.15, 0.2) is 4.99 Å². The Morgan fingerprint density at radius 2 is 2.09 bits per heavy atom. The number of aliphatic imine (C=N–C) groups is 1. The number of guanidine groups is 1. The van der Waals surface area contributed by atoms with E-state index in [9.17, 15) is 0 Å². The van der Waals surface area contributed by atoms with E-state index < -0.39 is 0 Å². The SMILES string of the molecule is CCNC(=NCc1nnc2n1CCC2)NCC1(CC)CCC1. The molecule has 1 aliphatic heterocycles. The molecule has 22 heavy (non-hydrogen) atoms. The fraction of sp³-hybridized carbons (Fsp3) is 0.812. The van der Waals surface area contributed by atoms with Crippen molar-refractivity contribution in [2.24, 2.45) is 10.4 Å². The smallest absolute Gasteiger partial charge is 0.191 e. The molecule has 3 rings (SSSR count). The topological polar surface area (TPSA) is 67.1 Å². The molecule has 0 bridgehead atoms. The molecule has 2 aliphatic rings. The molecular formula is C16H28N6. The van der Waals surface area contributed by atoms with Crippen molar-refractivity contribution in [3.05, 3.63) is 11.6 Å². The molecule has 1 aromatic heterocycles. The zero-order chi connectivity index (χ0) is 15.4. The van der Waals surface area contributed by atoms with Crippen molar-refractivity contribution in [1.82, 2.24) is 25.4 Å². The van der Waals surface area contributed by atoms with Gasteiger partial charge in [0.1, 0.15) is 12.4 Å². The lowest BCUT2D eigenvalue weighted by Crippen LogP contribution is -2.46. The van der Waals surface area contributed by atoms with Gasteiger partial charge in [-0.25, -0.2) is 4.99 Å². The first-order chi connectivity index (χ1) is 10.8. The van der Waals surface area contributed by atoms with Gasteiger partial charge in [-0.15, -0.1) is 10.2 Å². The number of aromatic nitrogens is 3. The summed E-state index contributed by atoms with van der Waals surface area (Å²) in [6, 6.07) is 0. The van der Waals surface area contributed by atoms with Gasteiger partial charge in [0.25, 0.3) is 0 Å². The molecule has 2 heterocycles. The first-order valence-electron chi connectivity index (χ1n) is 8.69. The molecule has 6 nitrogen and oxygen atoms in total. The zero-order valence-corrected chi connectivity index (χ0v) is 13.9. The minimum Gasteiger partial charge on any atom is -0.357 e. The van der Waals surface area contributed by atoms with Gasteiger partial charge in [0.2, 0.25) is 0 Å². The largest absolute Gasteiger partial charge is 0.357 e. The Morgan fingerprint density at radius 1 is 1.23 bits per heavy atom. The van der Waals surface area contributed by atoms with Crippen molar-refractivity contribution in [2.45, 2.75) is 65.5 Å². The predicted molar refractivity (Wildman–Crippen MR) is 87.7 cm³/mol. The summed E-state index contributed by atoms with van der Waals surface area (Å²) in [5.74, 6) is 3.00. The van der Waals surface area contributed by atoms with Crippen LogP contribution in [0.1, 0.15) is 57.6 Å². The Balaban J connectivity index is 1.60. The number of nitrogens with zero attached hydrogens (tertiary/aromatic N) is 4. The van der Waals surface area contributed by atoms with Crippen LogP contribution in [0, 0.1) is 5.41 Å². The maximum absolute atomic E-state index is 4.70. The molecule has 1 saturated carbocycles. The summed E-state index contributed by atoms with van der Waals surface area (Å²) in [5.41, 5.74) is 0.492. The lowest BCUT2D eigenvalue weighted by molar-refractivity contribution is 0.131. The molecule has 0 aromatic carbocycles. The van der Waals surface area contributed by atoms with Crippen molar-refractivity contribution >= 4 is 5.96 Å². The van der Waals surface area contributed by atoms with Crippen LogP contribution < -0.4 is 10.6 Å². The van der Waals surface area contributed by atoms with Crippen LogP contribution in [0.4, 0.5) is 0 Å². The Labute approximate surface area is 132 Å². The third-order valence-electron chi connectivity index (χ3n) is 5.20. The van der Waals surface area contributed by atoms with Crippen molar-refractivity contribution in [3.63, 3.8) is 0 Å². The van der Waals surface area contributed by atoms with Crippen LogP contribution >= 0.6 is 0 Å². The summed E-state index contributed by atoms with van der Waals surface area (Å²) < 4.78 is 2.21. The number of aryl methyl sites for hydroxylation is 1. The third-order valence-corrected chi connectivity index (χ3v) is 5.20. The van der Waals surface area contributed by atoms with Gasteiger partial charge in [-0.1, -0.05) is 13.3 Å². The van der Waals surface area contributed by atoms with Crippen LogP contribution in [0.2, 0.25) is 0 Å². The maximum atomic E-state index is 4.70. The van der Waals surface area contributed by atoms with E-state index in [2.05, 4.69) is 39.2 Å². The first-order valence-corrected chi connectivity index (χ1v) is 8.69. The van der Waals surface area contributed by atoms with E-state index >= 15 is 0 Å². The van der Waals surface area contributed by atoms with Crippen molar-refractivity contribution in [2.75, 3.05) is 13.1 Å². The van der Waals surface area contributed by atoms with E-state index in [-0.39, 0.29) is 0 Å². The average molecular weight is 304 g/mol. The second-order valence-electron chi connectivity index (χ2n) is 6.54. The Morgan fingerprint density at radius 3 is 2.77 bits per heavy atom. The predicted octanol–water partition coefficient (Wildman–Crippen LogP) is 1.86. The molecule has 1 aliphatic carbocycles. The van der Waals surface area contributed by atoms with E-state index in [4.69, 9.17) is 4.99 Å². The Hall–Kier alpha value is -1.59. The minimum atomic E-state index is 0.492. The second kappa shape index (κ2) is 6.67. The highest BCUT2D eigenvalue weighted by Crippen LogP contribution is 2.42. The average Bonchev–Trinajstić information content (AvgIpc) is 3.07. The number of fused-ring (bicyclic) bond motifs is 1. The highest BCUT2D eigenvalue weighted by Gasteiger charge is 2.34. The zero-order valence-electron chi connectivity index (χ0n) is 13.9. The summed E-state index contributed by atoms with van der Waals surface area (Å²) in [5, 5.41) is 15.4. The van der Waals surface area contributed by atoms with Crippen molar-refractivity contribution < 1.29 is 0 Å². The fourth-order valence-corrected chi connectivity index (χ4v) is 3.42.